The summed E-state index contributed by atoms with van der Waals surface area (Å²) in [5.41, 5.74) is 8.54. The fraction of sp³-hybridized carbons (Fsp3) is 0.379. The van der Waals surface area contributed by atoms with Crippen LogP contribution in [0.4, 0.5) is 0 Å². The molecule has 0 bridgehead atoms. The van der Waals surface area contributed by atoms with Gasteiger partial charge in [0.15, 0.2) is 0 Å². The molecule has 0 amide bonds. The summed E-state index contributed by atoms with van der Waals surface area (Å²) in [7, 11) is -0.358. The number of nitrogens with zero attached hydrogens (tertiary/aromatic N) is 1. The first-order chi connectivity index (χ1) is 15.6. The minimum absolute atomic E-state index is 0.350. The lowest BCUT2D eigenvalue weighted by Gasteiger charge is -2.32. The third-order valence-electron chi connectivity index (χ3n) is 8.25. The first-order valence-corrected chi connectivity index (χ1v) is 12.2. The SMILES string of the molecule is CC(C)c1cccc2c1-n1c3ccc(B4OC(C)(C)C(C)(C)O4)cc3c3cccc(c31)C2C. The first-order valence-electron chi connectivity index (χ1n) is 12.2. The van der Waals surface area contributed by atoms with Crippen molar-refractivity contribution in [2.45, 2.75) is 71.5 Å². The molecule has 1 aromatic heterocycles. The van der Waals surface area contributed by atoms with Gasteiger partial charge < -0.3 is 13.9 Å². The van der Waals surface area contributed by atoms with Crippen molar-refractivity contribution in [3.8, 4) is 5.69 Å². The molecule has 2 aliphatic heterocycles. The lowest BCUT2D eigenvalue weighted by molar-refractivity contribution is 0.00578. The molecule has 3 nitrogen and oxygen atoms in total. The lowest BCUT2D eigenvalue weighted by atomic mass is 9.78. The second-order valence-corrected chi connectivity index (χ2v) is 11.1. The molecule has 4 aromatic rings. The van der Waals surface area contributed by atoms with Gasteiger partial charge in [0.05, 0.1) is 27.9 Å². The Kier molecular flexibility index (Phi) is 4.29. The van der Waals surface area contributed by atoms with Gasteiger partial charge in [-0.05, 0) is 61.8 Å². The van der Waals surface area contributed by atoms with E-state index >= 15 is 0 Å². The molecule has 168 valence electrons. The van der Waals surface area contributed by atoms with E-state index in [1.165, 1.54) is 44.2 Å². The zero-order valence-corrected chi connectivity index (χ0v) is 20.7. The maximum atomic E-state index is 6.38. The van der Waals surface area contributed by atoms with Crippen molar-refractivity contribution in [1.82, 2.24) is 4.57 Å². The Labute approximate surface area is 196 Å². The van der Waals surface area contributed by atoms with Crippen LogP contribution in [0.3, 0.4) is 0 Å². The summed E-state index contributed by atoms with van der Waals surface area (Å²) in [5.74, 6) is 0.815. The molecule has 3 heterocycles. The largest absolute Gasteiger partial charge is 0.494 e. The van der Waals surface area contributed by atoms with Crippen LogP contribution in [-0.2, 0) is 9.31 Å². The van der Waals surface area contributed by atoms with Gasteiger partial charge in [-0.2, -0.15) is 0 Å². The highest BCUT2D eigenvalue weighted by Gasteiger charge is 2.51. The van der Waals surface area contributed by atoms with Crippen LogP contribution < -0.4 is 5.46 Å². The van der Waals surface area contributed by atoms with Crippen molar-refractivity contribution in [3.63, 3.8) is 0 Å². The van der Waals surface area contributed by atoms with Crippen molar-refractivity contribution in [2.24, 2.45) is 0 Å². The Morgan fingerprint density at radius 3 is 2.21 bits per heavy atom. The molecule has 1 unspecified atom stereocenters. The summed E-state index contributed by atoms with van der Waals surface area (Å²) >= 11 is 0. The van der Waals surface area contributed by atoms with Crippen LogP contribution in [0.25, 0.3) is 27.5 Å². The summed E-state index contributed by atoms with van der Waals surface area (Å²) in [4.78, 5) is 0. The zero-order chi connectivity index (χ0) is 23.3. The average molecular weight is 437 g/mol. The monoisotopic (exact) mass is 437 g/mol. The Morgan fingerprint density at radius 2 is 1.52 bits per heavy atom. The van der Waals surface area contributed by atoms with Crippen molar-refractivity contribution in [3.05, 3.63) is 71.3 Å². The van der Waals surface area contributed by atoms with E-state index in [4.69, 9.17) is 9.31 Å². The molecule has 0 spiro atoms. The van der Waals surface area contributed by atoms with Crippen LogP contribution in [0.1, 0.15) is 77.0 Å². The predicted octanol–water partition coefficient (Wildman–Crippen LogP) is 6.67. The molecular formula is C29H32BNO2. The average Bonchev–Trinajstić information content (AvgIpc) is 3.21. The summed E-state index contributed by atoms with van der Waals surface area (Å²) in [6.45, 7) is 15.4. The molecule has 2 aliphatic rings. The van der Waals surface area contributed by atoms with E-state index in [-0.39, 0.29) is 18.3 Å². The Morgan fingerprint density at radius 1 is 0.848 bits per heavy atom. The van der Waals surface area contributed by atoms with Gasteiger partial charge in [-0.25, -0.2) is 0 Å². The van der Waals surface area contributed by atoms with E-state index in [9.17, 15) is 0 Å². The third kappa shape index (κ3) is 2.77. The van der Waals surface area contributed by atoms with Crippen molar-refractivity contribution in [1.29, 1.82) is 0 Å². The summed E-state index contributed by atoms with van der Waals surface area (Å²) in [6, 6.07) is 20.3. The number of rotatable bonds is 2. The van der Waals surface area contributed by atoms with E-state index < -0.39 is 0 Å². The van der Waals surface area contributed by atoms with Crippen LogP contribution in [0, 0.1) is 0 Å². The topological polar surface area (TPSA) is 23.4 Å². The number of benzene rings is 3. The van der Waals surface area contributed by atoms with Gasteiger partial charge in [-0.3, -0.25) is 0 Å². The second kappa shape index (κ2) is 6.74. The summed E-state index contributed by atoms with van der Waals surface area (Å²) in [5, 5.41) is 2.56. The Hall–Kier alpha value is -2.56. The van der Waals surface area contributed by atoms with E-state index in [2.05, 4.69) is 108 Å². The number of hydrogen-bond donors (Lipinski definition) is 0. The standard InChI is InChI=1S/C29H32BNO2/c1-17(2)20-10-8-11-21-18(3)22-12-9-13-23-24-16-19(30-32-28(4,5)29(6,7)33-30)14-15-25(24)31(26(20)21)27(22)23/h8-18H,1-7H3. The molecule has 0 N–H and O–H groups in total. The summed E-state index contributed by atoms with van der Waals surface area (Å²) in [6.07, 6.45) is 0. The molecular weight excluding hydrogens is 405 g/mol. The summed E-state index contributed by atoms with van der Waals surface area (Å²) < 4.78 is 15.3. The maximum Gasteiger partial charge on any atom is 0.494 e. The minimum atomic E-state index is -0.358. The van der Waals surface area contributed by atoms with E-state index in [0.717, 1.165) is 5.46 Å². The number of para-hydroxylation sites is 2. The first kappa shape index (κ1) is 21.0. The Balaban J connectivity index is 1.64. The van der Waals surface area contributed by atoms with Gasteiger partial charge in [0.25, 0.3) is 0 Å². The number of hydrogen-bond acceptors (Lipinski definition) is 2. The molecule has 3 aromatic carbocycles. The smallest absolute Gasteiger partial charge is 0.399 e. The highest BCUT2D eigenvalue weighted by molar-refractivity contribution is 6.62. The quantitative estimate of drug-likeness (QED) is 0.327. The van der Waals surface area contributed by atoms with Crippen LogP contribution in [0.15, 0.2) is 54.6 Å². The Bertz CT molecular complexity index is 1410. The molecule has 1 saturated heterocycles. The molecule has 1 atom stereocenters. The van der Waals surface area contributed by atoms with Gasteiger partial charge in [0, 0.05) is 16.7 Å². The molecule has 6 rings (SSSR count). The molecule has 33 heavy (non-hydrogen) atoms. The number of fused-ring (bicyclic) bond motifs is 5. The fourth-order valence-corrected chi connectivity index (χ4v) is 5.64. The fourth-order valence-electron chi connectivity index (χ4n) is 5.64. The molecule has 0 radical (unpaired) electrons. The predicted molar refractivity (Wildman–Crippen MR) is 138 cm³/mol. The third-order valence-corrected chi connectivity index (χ3v) is 8.25. The molecule has 1 fully saturated rings. The van der Waals surface area contributed by atoms with Crippen molar-refractivity contribution < 1.29 is 9.31 Å². The molecule has 0 saturated carbocycles. The van der Waals surface area contributed by atoms with Gasteiger partial charge >= 0.3 is 7.12 Å². The van der Waals surface area contributed by atoms with E-state index in [1.807, 2.05) is 0 Å². The van der Waals surface area contributed by atoms with E-state index in [0.29, 0.717) is 11.8 Å². The minimum Gasteiger partial charge on any atom is -0.399 e. The lowest BCUT2D eigenvalue weighted by Crippen LogP contribution is -2.41. The normalized spacial score (nSPS) is 20.7. The van der Waals surface area contributed by atoms with Crippen LogP contribution in [0.5, 0.6) is 0 Å². The highest BCUT2D eigenvalue weighted by atomic mass is 16.7. The van der Waals surface area contributed by atoms with E-state index in [1.54, 1.807) is 0 Å². The highest BCUT2D eigenvalue weighted by Crippen LogP contribution is 2.46. The number of aromatic nitrogens is 1. The van der Waals surface area contributed by atoms with Gasteiger partial charge in [0.2, 0.25) is 0 Å². The van der Waals surface area contributed by atoms with Gasteiger partial charge in [0.1, 0.15) is 0 Å². The molecule has 4 heteroatoms. The maximum absolute atomic E-state index is 6.38. The zero-order valence-electron chi connectivity index (χ0n) is 20.7. The van der Waals surface area contributed by atoms with Crippen LogP contribution in [-0.4, -0.2) is 22.9 Å². The van der Waals surface area contributed by atoms with Gasteiger partial charge in [-0.1, -0.05) is 69.3 Å². The molecule has 0 aliphatic carbocycles. The van der Waals surface area contributed by atoms with Gasteiger partial charge in [-0.15, -0.1) is 0 Å². The van der Waals surface area contributed by atoms with Crippen LogP contribution >= 0.6 is 0 Å². The second-order valence-electron chi connectivity index (χ2n) is 11.1. The van der Waals surface area contributed by atoms with Crippen molar-refractivity contribution >= 4 is 34.4 Å². The van der Waals surface area contributed by atoms with Crippen molar-refractivity contribution in [2.75, 3.05) is 0 Å². The van der Waals surface area contributed by atoms with Crippen LogP contribution in [0.2, 0.25) is 0 Å².